The van der Waals surface area contributed by atoms with Crippen LogP contribution in [0.4, 0.5) is 0 Å². The maximum atomic E-state index is 11.7. The van der Waals surface area contributed by atoms with Crippen molar-refractivity contribution in [3.8, 4) is 0 Å². The lowest BCUT2D eigenvalue weighted by Crippen LogP contribution is -2.40. The Labute approximate surface area is 122 Å². The molecule has 0 bridgehead atoms. The van der Waals surface area contributed by atoms with E-state index in [2.05, 4.69) is 5.32 Å². The Morgan fingerprint density at radius 1 is 1.33 bits per heavy atom. The summed E-state index contributed by atoms with van der Waals surface area (Å²) < 4.78 is 0. The Morgan fingerprint density at radius 3 is 2.57 bits per heavy atom. The molecule has 112 valence electrons. The molecule has 0 radical (unpaired) electrons. The number of carbonyl (C=O) groups is 3. The van der Waals surface area contributed by atoms with Crippen LogP contribution in [0, 0.1) is 6.92 Å². The van der Waals surface area contributed by atoms with E-state index in [0.717, 1.165) is 11.1 Å². The van der Waals surface area contributed by atoms with Crippen molar-refractivity contribution in [2.24, 2.45) is 5.73 Å². The Hall–Kier alpha value is -2.63. The maximum Gasteiger partial charge on any atom is 0.326 e. The van der Waals surface area contributed by atoms with Gasteiger partial charge in [-0.05, 0) is 30.5 Å². The molecule has 0 saturated carbocycles. The van der Waals surface area contributed by atoms with Crippen molar-refractivity contribution in [1.82, 2.24) is 5.32 Å². The van der Waals surface area contributed by atoms with Gasteiger partial charge >= 0.3 is 5.97 Å². The molecule has 0 aliphatic rings. The van der Waals surface area contributed by atoms with Gasteiger partial charge in [0.05, 0.1) is 0 Å². The van der Waals surface area contributed by atoms with Gasteiger partial charge < -0.3 is 16.2 Å². The number of aliphatic carboxylic acids is 1. The number of amides is 2. The first-order chi connectivity index (χ1) is 9.90. The topological polar surface area (TPSA) is 109 Å². The van der Waals surface area contributed by atoms with E-state index in [1.165, 1.54) is 6.08 Å². The molecule has 0 aliphatic heterocycles. The predicted octanol–water partition coefficient (Wildman–Crippen LogP) is 0.843. The fraction of sp³-hybridized carbons (Fsp3) is 0.267. The molecule has 1 unspecified atom stereocenters. The molecule has 6 heteroatoms. The number of hydrogen-bond acceptors (Lipinski definition) is 3. The van der Waals surface area contributed by atoms with Crippen LogP contribution in [0.25, 0.3) is 6.08 Å². The van der Waals surface area contributed by atoms with Gasteiger partial charge in [-0.3, -0.25) is 9.59 Å². The fourth-order valence-electron chi connectivity index (χ4n) is 1.70. The van der Waals surface area contributed by atoms with Crippen LogP contribution in [0.2, 0.25) is 0 Å². The number of carbonyl (C=O) groups excluding carboxylic acids is 2. The minimum absolute atomic E-state index is 0.0331. The average molecular weight is 290 g/mol. The minimum atomic E-state index is -1.20. The summed E-state index contributed by atoms with van der Waals surface area (Å²) in [6.07, 6.45) is 2.74. The zero-order valence-corrected chi connectivity index (χ0v) is 11.7. The van der Waals surface area contributed by atoms with Crippen LogP contribution in [0.5, 0.6) is 0 Å². The molecule has 4 N–H and O–H groups in total. The molecule has 1 aromatic carbocycles. The number of primary amides is 1. The maximum absolute atomic E-state index is 11.7. The lowest BCUT2D eigenvalue weighted by Gasteiger charge is -2.12. The summed E-state index contributed by atoms with van der Waals surface area (Å²) in [7, 11) is 0. The lowest BCUT2D eigenvalue weighted by molar-refractivity contribution is -0.141. The van der Waals surface area contributed by atoms with Crippen LogP contribution < -0.4 is 11.1 Å². The molecule has 0 fully saturated rings. The first-order valence-electron chi connectivity index (χ1n) is 6.45. The molecule has 1 rings (SSSR count). The number of rotatable bonds is 7. The van der Waals surface area contributed by atoms with Crippen molar-refractivity contribution in [3.05, 3.63) is 41.5 Å². The van der Waals surface area contributed by atoms with Gasteiger partial charge in [0.15, 0.2) is 0 Å². The normalized spacial score (nSPS) is 12.0. The third-order valence-corrected chi connectivity index (χ3v) is 2.90. The van der Waals surface area contributed by atoms with Crippen molar-refractivity contribution in [1.29, 1.82) is 0 Å². The summed E-state index contributed by atoms with van der Waals surface area (Å²) in [6.45, 7) is 1.91. The first kappa shape index (κ1) is 16.4. The molecule has 21 heavy (non-hydrogen) atoms. The van der Waals surface area contributed by atoms with Crippen molar-refractivity contribution >= 4 is 23.9 Å². The molecule has 0 spiro atoms. The SMILES string of the molecule is Cc1ccccc1/C=C/C(=O)NC(CCC(N)=O)C(=O)O. The molecular weight excluding hydrogens is 272 g/mol. The Kier molecular flexibility index (Phi) is 6.13. The molecular formula is C15H18N2O4. The second-order valence-corrected chi connectivity index (χ2v) is 4.59. The van der Waals surface area contributed by atoms with Crippen LogP contribution in [0.1, 0.15) is 24.0 Å². The van der Waals surface area contributed by atoms with E-state index in [0.29, 0.717) is 0 Å². The second-order valence-electron chi connectivity index (χ2n) is 4.59. The van der Waals surface area contributed by atoms with Gasteiger partial charge in [-0.2, -0.15) is 0 Å². The standard InChI is InChI=1S/C15H18N2O4/c1-10-4-2-3-5-11(10)6-9-14(19)17-12(15(20)21)7-8-13(16)18/h2-6,9,12H,7-8H2,1H3,(H2,16,18)(H,17,19)(H,20,21)/b9-6+. The van der Waals surface area contributed by atoms with Crippen LogP contribution in [-0.4, -0.2) is 28.9 Å². The summed E-state index contributed by atoms with van der Waals surface area (Å²) in [4.78, 5) is 33.4. The van der Waals surface area contributed by atoms with Crippen LogP contribution in [-0.2, 0) is 14.4 Å². The summed E-state index contributed by atoms with van der Waals surface area (Å²) in [5.74, 6) is -2.34. The van der Waals surface area contributed by atoms with Gasteiger partial charge in [0.25, 0.3) is 0 Å². The van der Waals surface area contributed by atoms with Crippen molar-refractivity contribution in [2.45, 2.75) is 25.8 Å². The van der Waals surface area contributed by atoms with Crippen molar-refractivity contribution in [3.63, 3.8) is 0 Å². The first-order valence-corrected chi connectivity index (χ1v) is 6.45. The zero-order chi connectivity index (χ0) is 15.8. The molecule has 0 heterocycles. The lowest BCUT2D eigenvalue weighted by atomic mass is 10.1. The Morgan fingerprint density at radius 2 is 2.00 bits per heavy atom. The molecule has 1 aromatic rings. The molecule has 6 nitrogen and oxygen atoms in total. The average Bonchev–Trinajstić information content (AvgIpc) is 2.42. The quantitative estimate of drug-likeness (QED) is 0.646. The van der Waals surface area contributed by atoms with E-state index in [1.807, 2.05) is 31.2 Å². The van der Waals surface area contributed by atoms with Gasteiger partial charge in [0, 0.05) is 12.5 Å². The third kappa shape index (κ3) is 5.90. The van der Waals surface area contributed by atoms with Crippen LogP contribution in [0.3, 0.4) is 0 Å². The van der Waals surface area contributed by atoms with Gasteiger partial charge in [-0.15, -0.1) is 0 Å². The second kappa shape index (κ2) is 7.84. The highest BCUT2D eigenvalue weighted by Gasteiger charge is 2.19. The number of carboxylic acids is 1. The van der Waals surface area contributed by atoms with Crippen LogP contribution in [0.15, 0.2) is 30.3 Å². The van der Waals surface area contributed by atoms with Crippen molar-refractivity contribution in [2.75, 3.05) is 0 Å². The van der Waals surface area contributed by atoms with Crippen LogP contribution >= 0.6 is 0 Å². The van der Waals surface area contributed by atoms with E-state index in [-0.39, 0.29) is 12.8 Å². The van der Waals surface area contributed by atoms with E-state index >= 15 is 0 Å². The van der Waals surface area contributed by atoms with E-state index in [9.17, 15) is 14.4 Å². The Bertz CT molecular complexity index is 567. The number of benzene rings is 1. The van der Waals surface area contributed by atoms with E-state index in [4.69, 9.17) is 10.8 Å². The summed E-state index contributed by atoms with van der Waals surface area (Å²) in [5.41, 5.74) is 6.84. The minimum Gasteiger partial charge on any atom is -0.480 e. The monoisotopic (exact) mass is 290 g/mol. The molecule has 0 saturated heterocycles. The number of aryl methyl sites for hydroxylation is 1. The number of nitrogens with one attached hydrogen (secondary N) is 1. The summed E-state index contributed by atoms with van der Waals surface area (Å²) >= 11 is 0. The summed E-state index contributed by atoms with van der Waals surface area (Å²) in [6, 6.07) is 6.35. The fourth-order valence-corrected chi connectivity index (χ4v) is 1.70. The van der Waals surface area contributed by atoms with E-state index < -0.39 is 23.8 Å². The molecule has 0 aromatic heterocycles. The highest BCUT2D eigenvalue weighted by molar-refractivity contribution is 5.94. The third-order valence-electron chi connectivity index (χ3n) is 2.90. The molecule has 1 atom stereocenters. The van der Waals surface area contributed by atoms with Gasteiger partial charge in [0.2, 0.25) is 11.8 Å². The number of carboxylic acid groups (broad SMARTS) is 1. The summed E-state index contributed by atoms with van der Waals surface area (Å²) in [5, 5.41) is 11.3. The zero-order valence-electron chi connectivity index (χ0n) is 11.7. The number of nitrogens with two attached hydrogens (primary N) is 1. The van der Waals surface area contributed by atoms with Crippen molar-refractivity contribution < 1.29 is 19.5 Å². The van der Waals surface area contributed by atoms with Gasteiger partial charge in [-0.1, -0.05) is 24.3 Å². The smallest absolute Gasteiger partial charge is 0.326 e. The predicted molar refractivity (Wildman–Crippen MR) is 78.2 cm³/mol. The largest absolute Gasteiger partial charge is 0.480 e. The number of hydrogen-bond donors (Lipinski definition) is 3. The van der Waals surface area contributed by atoms with Gasteiger partial charge in [-0.25, -0.2) is 4.79 Å². The highest BCUT2D eigenvalue weighted by atomic mass is 16.4. The Balaban J connectivity index is 2.64. The molecule has 0 aliphatic carbocycles. The van der Waals surface area contributed by atoms with E-state index in [1.54, 1.807) is 6.08 Å². The van der Waals surface area contributed by atoms with Gasteiger partial charge in [0.1, 0.15) is 6.04 Å². The molecule has 2 amide bonds. The highest BCUT2D eigenvalue weighted by Crippen LogP contribution is 2.08.